The van der Waals surface area contributed by atoms with Gasteiger partial charge in [0, 0.05) is 24.2 Å². The minimum Gasteiger partial charge on any atom is -0.468 e. The largest absolute Gasteiger partial charge is 0.468 e. The molecule has 2 heterocycles. The van der Waals surface area contributed by atoms with E-state index in [4.69, 9.17) is 11.6 Å². The highest BCUT2D eigenvalue weighted by molar-refractivity contribution is 6.30. The molecule has 0 spiro atoms. The Hall–Kier alpha value is -2.54. The highest BCUT2D eigenvalue weighted by Crippen LogP contribution is 2.25. The van der Waals surface area contributed by atoms with Gasteiger partial charge in [-0.15, -0.1) is 0 Å². The van der Waals surface area contributed by atoms with Crippen molar-refractivity contribution in [3.05, 3.63) is 59.4 Å². The lowest BCUT2D eigenvalue weighted by atomic mass is 10.1. The van der Waals surface area contributed by atoms with Crippen LogP contribution in [-0.4, -0.2) is 22.8 Å². The van der Waals surface area contributed by atoms with Crippen LogP contribution >= 0.6 is 11.6 Å². The van der Waals surface area contributed by atoms with E-state index >= 15 is 0 Å². The second-order valence-corrected chi connectivity index (χ2v) is 5.66. The fraction of sp³-hybridized carbons (Fsp3) is 0.176. The Kier molecular flexibility index (Phi) is 4.94. The van der Waals surface area contributed by atoms with Crippen LogP contribution in [0.1, 0.15) is 5.56 Å². The summed E-state index contributed by atoms with van der Waals surface area (Å²) in [6.07, 6.45) is -2.94. The van der Waals surface area contributed by atoms with Gasteiger partial charge in [-0.2, -0.15) is 13.2 Å². The maximum atomic E-state index is 12.1. The number of halogens is 4. The molecule has 0 bridgehead atoms. The zero-order valence-corrected chi connectivity index (χ0v) is 13.6. The average molecular weight is 368 g/mol. The standard InChI is InChI=1S/C17H13ClF3N3O/c18-14-7-12-3-1-2-4-13(12)16(24-14)23-9-11-5-6-15(22-8-11)25-10-17(19,20)21/h1-8H,9-10H2,(H,23,24). The van der Waals surface area contributed by atoms with E-state index in [1.54, 1.807) is 12.1 Å². The molecule has 0 saturated heterocycles. The zero-order valence-electron chi connectivity index (χ0n) is 12.8. The number of pyridine rings is 2. The number of ether oxygens (including phenoxy) is 1. The average Bonchev–Trinajstić information content (AvgIpc) is 2.58. The Bertz CT molecular complexity index is 869. The Labute approximate surface area is 146 Å². The third-order valence-electron chi connectivity index (χ3n) is 3.35. The van der Waals surface area contributed by atoms with E-state index in [9.17, 15) is 13.2 Å². The third kappa shape index (κ3) is 4.73. The lowest BCUT2D eigenvalue weighted by molar-refractivity contribution is -0.154. The predicted octanol–water partition coefficient (Wildman–Crippen LogP) is 4.84. The monoisotopic (exact) mass is 367 g/mol. The van der Waals surface area contributed by atoms with E-state index in [1.165, 1.54) is 12.3 Å². The summed E-state index contributed by atoms with van der Waals surface area (Å²) in [5, 5.41) is 5.41. The predicted molar refractivity (Wildman–Crippen MR) is 89.9 cm³/mol. The normalized spacial score (nSPS) is 11.5. The number of rotatable bonds is 5. The van der Waals surface area contributed by atoms with Gasteiger partial charge in [0.05, 0.1) is 0 Å². The minimum absolute atomic E-state index is 0.0765. The van der Waals surface area contributed by atoms with E-state index in [1.807, 2.05) is 24.3 Å². The summed E-state index contributed by atoms with van der Waals surface area (Å²) in [4.78, 5) is 8.14. The van der Waals surface area contributed by atoms with Crippen molar-refractivity contribution in [3.8, 4) is 5.88 Å². The number of benzene rings is 1. The first-order valence-corrected chi connectivity index (χ1v) is 7.72. The van der Waals surface area contributed by atoms with Gasteiger partial charge in [-0.25, -0.2) is 9.97 Å². The molecule has 0 radical (unpaired) electrons. The number of anilines is 1. The number of fused-ring (bicyclic) bond motifs is 1. The van der Waals surface area contributed by atoms with Gasteiger partial charge >= 0.3 is 6.18 Å². The molecule has 130 valence electrons. The summed E-state index contributed by atoms with van der Waals surface area (Å²) in [6.45, 7) is -0.972. The van der Waals surface area contributed by atoms with Crippen molar-refractivity contribution in [1.29, 1.82) is 0 Å². The highest BCUT2D eigenvalue weighted by atomic mass is 35.5. The van der Waals surface area contributed by atoms with Gasteiger partial charge in [0.1, 0.15) is 11.0 Å². The zero-order chi connectivity index (χ0) is 17.9. The molecule has 2 aromatic heterocycles. The smallest absolute Gasteiger partial charge is 0.422 e. The molecule has 25 heavy (non-hydrogen) atoms. The molecule has 1 N–H and O–H groups in total. The number of alkyl halides is 3. The van der Waals surface area contributed by atoms with Crippen LogP contribution in [-0.2, 0) is 6.54 Å². The molecule has 1 aromatic carbocycles. The van der Waals surface area contributed by atoms with Crippen LogP contribution in [0.15, 0.2) is 48.7 Å². The molecule has 0 aliphatic heterocycles. The molecule has 3 rings (SSSR count). The fourth-order valence-electron chi connectivity index (χ4n) is 2.24. The lowest BCUT2D eigenvalue weighted by Crippen LogP contribution is -2.19. The van der Waals surface area contributed by atoms with Crippen molar-refractivity contribution in [3.63, 3.8) is 0 Å². The van der Waals surface area contributed by atoms with E-state index in [2.05, 4.69) is 20.0 Å². The Morgan fingerprint density at radius 3 is 2.64 bits per heavy atom. The molecule has 0 amide bonds. The summed E-state index contributed by atoms with van der Waals surface area (Å²) < 4.78 is 40.9. The van der Waals surface area contributed by atoms with E-state index in [-0.39, 0.29) is 5.88 Å². The van der Waals surface area contributed by atoms with Crippen molar-refractivity contribution >= 4 is 28.2 Å². The Morgan fingerprint density at radius 2 is 1.92 bits per heavy atom. The molecule has 3 aromatic rings. The van der Waals surface area contributed by atoms with Crippen LogP contribution in [0.5, 0.6) is 5.88 Å². The molecular weight excluding hydrogens is 355 g/mol. The van der Waals surface area contributed by atoms with Gasteiger partial charge in [0.2, 0.25) is 5.88 Å². The molecule has 0 aliphatic rings. The molecule has 0 saturated carbocycles. The summed E-state index contributed by atoms with van der Waals surface area (Å²) in [6, 6.07) is 12.5. The van der Waals surface area contributed by atoms with Crippen molar-refractivity contribution in [2.24, 2.45) is 0 Å². The molecule has 8 heteroatoms. The minimum atomic E-state index is -4.39. The molecule has 0 aliphatic carbocycles. The summed E-state index contributed by atoms with van der Waals surface area (Å²) in [5.41, 5.74) is 0.769. The van der Waals surface area contributed by atoms with Gasteiger partial charge in [0.15, 0.2) is 6.61 Å². The number of aromatic nitrogens is 2. The maximum absolute atomic E-state index is 12.1. The van der Waals surface area contributed by atoms with Crippen LogP contribution in [0.25, 0.3) is 10.8 Å². The van der Waals surface area contributed by atoms with Crippen LogP contribution in [0.4, 0.5) is 19.0 Å². The number of nitrogens with one attached hydrogen (secondary N) is 1. The third-order valence-corrected chi connectivity index (χ3v) is 3.54. The van der Waals surface area contributed by atoms with Gasteiger partial charge in [-0.05, 0) is 17.0 Å². The SMILES string of the molecule is FC(F)(F)COc1ccc(CNc2nc(Cl)cc3ccccc23)cn1. The van der Waals surface area contributed by atoms with E-state index in [0.717, 1.165) is 16.3 Å². The molecular formula is C17H13ClF3N3O. The van der Waals surface area contributed by atoms with Gasteiger partial charge in [-0.1, -0.05) is 41.9 Å². The maximum Gasteiger partial charge on any atom is 0.422 e. The first kappa shape index (κ1) is 17.3. The number of nitrogens with zero attached hydrogens (tertiary/aromatic N) is 2. The van der Waals surface area contributed by atoms with Crippen molar-refractivity contribution in [1.82, 2.24) is 9.97 Å². The van der Waals surface area contributed by atoms with Crippen LogP contribution in [0.3, 0.4) is 0 Å². The second-order valence-electron chi connectivity index (χ2n) is 5.28. The molecule has 0 unspecified atom stereocenters. The van der Waals surface area contributed by atoms with Crippen molar-refractivity contribution in [2.75, 3.05) is 11.9 Å². The summed E-state index contributed by atoms with van der Waals surface area (Å²) >= 11 is 6.03. The number of hydrogen-bond acceptors (Lipinski definition) is 4. The van der Waals surface area contributed by atoms with Gasteiger partial charge in [-0.3, -0.25) is 0 Å². The Morgan fingerprint density at radius 1 is 1.12 bits per heavy atom. The highest BCUT2D eigenvalue weighted by Gasteiger charge is 2.28. The summed E-state index contributed by atoms with van der Waals surface area (Å²) in [7, 11) is 0. The van der Waals surface area contributed by atoms with Gasteiger partial charge < -0.3 is 10.1 Å². The quantitative estimate of drug-likeness (QED) is 0.656. The summed E-state index contributed by atoms with van der Waals surface area (Å²) in [5.74, 6) is 0.549. The molecule has 0 atom stereocenters. The topological polar surface area (TPSA) is 47.0 Å². The second kappa shape index (κ2) is 7.14. The van der Waals surface area contributed by atoms with Crippen molar-refractivity contribution < 1.29 is 17.9 Å². The fourth-order valence-corrected chi connectivity index (χ4v) is 2.45. The van der Waals surface area contributed by atoms with Crippen LogP contribution < -0.4 is 10.1 Å². The first-order valence-electron chi connectivity index (χ1n) is 7.34. The van der Waals surface area contributed by atoms with Crippen LogP contribution in [0.2, 0.25) is 5.15 Å². The first-order chi connectivity index (χ1) is 11.9. The molecule has 4 nitrogen and oxygen atoms in total. The lowest BCUT2D eigenvalue weighted by Gasteiger charge is -2.11. The van der Waals surface area contributed by atoms with Gasteiger partial charge in [0.25, 0.3) is 0 Å². The van der Waals surface area contributed by atoms with E-state index in [0.29, 0.717) is 17.5 Å². The molecule has 0 fully saturated rings. The number of hydrogen-bond donors (Lipinski definition) is 1. The van der Waals surface area contributed by atoms with E-state index < -0.39 is 12.8 Å². The van der Waals surface area contributed by atoms with Crippen LogP contribution in [0, 0.1) is 0 Å². The van der Waals surface area contributed by atoms with Crippen molar-refractivity contribution in [2.45, 2.75) is 12.7 Å². The Balaban J connectivity index is 1.68.